The van der Waals surface area contributed by atoms with E-state index in [2.05, 4.69) is 21.3 Å². The average Bonchev–Trinajstić information content (AvgIpc) is 2.66. The van der Waals surface area contributed by atoms with Gasteiger partial charge in [0.15, 0.2) is 0 Å². The van der Waals surface area contributed by atoms with Gasteiger partial charge in [0, 0.05) is 35.6 Å². The van der Waals surface area contributed by atoms with E-state index in [9.17, 15) is 14.4 Å². The van der Waals surface area contributed by atoms with Gasteiger partial charge in [0.25, 0.3) is 5.91 Å². The zero-order valence-corrected chi connectivity index (χ0v) is 15.6. The Balaban J connectivity index is 1.88. The Labute approximate surface area is 158 Å². The van der Waals surface area contributed by atoms with E-state index >= 15 is 0 Å². The number of carbonyl (C=O) groups is 3. The highest BCUT2D eigenvalue weighted by atomic mass is 16.2. The van der Waals surface area contributed by atoms with E-state index in [0.717, 1.165) is 5.69 Å². The molecule has 0 aliphatic rings. The van der Waals surface area contributed by atoms with Crippen molar-refractivity contribution < 1.29 is 14.4 Å². The minimum atomic E-state index is -0.223. The van der Waals surface area contributed by atoms with E-state index in [0.29, 0.717) is 16.9 Å². The number of nitrogens with one attached hydrogen (secondary N) is 4. The molecule has 7 nitrogen and oxygen atoms in total. The molecule has 0 radical (unpaired) electrons. The molecule has 2 rings (SSSR count). The number of benzene rings is 2. The van der Waals surface area contributed by atoms with Gasteiger partial charge in [-0.1, -0.05) is 19.9 Å². The Morgan fingerprint density at radius 3 is 2.19 bits per heavy atom. The summed E-state index contributed by atoms with van der Waals surface area (Å²) in [7, 11) is 1.56. The van der Waals surface area contributed by atoms with Crippen LogP contribution >= 0.6 is 0 Å². The lowest BCUT2D eigenvalue weighted by Crippen LogP contribution is -2.22. The van der Waals surface area contributed by atoms with Crippen molar-refractivity contribution in [3.63, 3.8) is 0 Å². The summed E-state index contributed by atoms with van der Waals surface area (Å²) in [4.78, 5) is 35.4. The fraction of sp³-hybridized carbons (Fsp3) is 0.250. The zero-order chi connectivity index (χ0) is 19.8. The van der Waals surface area contributed by atoms with Crippen molar-refractivity contribution in [3.8, 4) is 0 Å². The summed E-state index contributed by atoms with van der Waals surface area (Å²) >= 11 is 0. The largest absolute Gasteiger partial charge is 0.376 e. The van der Waals surface area contributed by atoms with E-state index in [4.69, 9.17) is 0 Å². The monoisotopic (exact) mass is 368 g/mol. The fourth-order valence-corrected chi connectivity index (χ4v) is 2.23. The van der Waals surface area contributed by atoms with Crippen LogP contribution in [0.4, 0.5) is 17.1 Å². The highest BCUT2D eigenvalue weighted by molar-refractivity contribution is 5.96. The first-order valence-electron chi connectivity index (χ1n) is 8.66. The molecule has 0 aromatic heterocycles. The maximum Gasteiger partial charge on any atom is 0.251 e. The molecular weight excluding hydrogens is 344 g/mol. The van der Waals surface area contributed by atoms with E-state index in [1.807, 2.05) is 19.9 Å². The second kappa shape index (κ2) is 9.38. The topological polar surface area (TPSA) is 99.3 Å². The van der Waals surface area contributed by atoms with Crippen LogP contribution in [-0.4, -0.2) is 31.3 Å². The molecule has 0 aliphatic heterocycles. The van der Waals surface area contributed by atoms with E-state index in [1.165, 1.54) is 0 Å². The molecule has 0 unspecified atom stereocenters. The van der Waals surface area contributed by atoms with Gasteiger partial charge in [0.05, 0.1) is 6.54 Å². The number of anilines is 3. The standard InChI is InChI=1S/C20H24N4O3/c1-13(2)19(26)24-17-6-4-5-16(11-17)22-12-18(25)23-15-9-7-14(8-10-15)20(27)21-3/h4-11,13,22H,12H2,1-3H3,(H,21,27)(H,23,25)(H,24,26). The van der Waals surface area contributed by atoms with Gasteiger partial charge in [0.1, 0.15) is 0 Å². The zero-order valence-electron chi connectivity index (χ0n) is 15.6. The van der Waals surface area contributed by atoms with Crippen molar-refractivity contribution in [3.05, 3.63) is 54.1 Å². The highest BCUT2D eigenvalue weighted by Crippen LogP contribution is 2.16. The second-order valence-electron chi connectivity index (χ2n) is 6.28. The molecule has 0 saturated heterocycles. The first kappa shape index (κ1) is 20.0. The molecule has 0 atom stereocenters. The van der Waals surface area contributed by atoms with Crippen LogP contribution in [0.25, 0.3) is 0 Å². The Morgan fingerprint density at radius 2 is 1.56 bits per heavy atom. The van der Waals surface area contributed by atoms with Crippen LogP contribution in [0.15, 0.2) is 48.5 Å². The average molecular weight is 368 g/mol. The lowest BCUT2D eigenvalue weighted by molar-refractivity contribution is -0.119. The van der Waals surface area contributed by atoms with Crippen molar-refractivity contribution in [1.82, 2.24) is 5.32 Å². The molecule has 142 valence electrons. The molecule has 2 aromatic carbocycles. The highest BCUT2D eigenvalue weighted by Gasteiger charge is 2.08. The van der Waals surface area contributed by atoms with Gasteiger partial charge in [-0.15, -0.1) is 0 Å². The van der Waals surface area contributed by atoms with Crippen LogP contribution < -0.4 is 21.3 Å². The van der Waals surface area contributed by atoms with Gasteiger partial charge in [-0.25, -0.2) is 0 Å². The maximum absolute atomic E-state index is 12.1. The minimum absolute atomic E-state index is 0.0647. The van der Waals surface area contributed by atoms with Crippen LogP contribution in [0, 0.1) is 5.92 Å². The smallest absolute Gasteiger partial charge is 0.251 e. The third-order valence-electron chi connectivity index (χ3n) is 3.77. The lowest BCUT2D eigenvalue weighted by atomic mass is 10.2. The maximum atomic E-state index is 12.1. The summed E-state index contributed by atoms with van der Waals surface area (Å²) in [6, 6.07) is 13.8. The predicted molar refractivity (Wildman–Crippen MR) is 107 cm³/mol. The van der Waals surface area contributed by atoms with Gasteiger partial charge < -0.3 is 21.3 Å². The predicted octanol–water partition coefficient (Wildman–Crippen LogP) is 2.69. The van der Waals surface area contributed by atoms with Crippen molar-refractivity contribution in [2.75, 3.05) is 29.5 Å². The quantitative estimate of drug-likeness (QED) is 0.604. The third kappa shape index (κ3) is 6.14. The Bertz CT molecular complexity index is 816. The van der Waals surface area contributed by atoms with Crippen LogP contribution in [0.3, 0.4) is 0 Å². The molecule has 7 heteroatoms. The first-order valence-corrected chi connectivity index (χ1v) is 8.66. The van der Waals surface area contributed by atoms with Crippen LogP contribution in [-0.2, 0) is 9.59 Å². The van der Waals surface area contributed by atoms with E-state index in [-0.39, 0.29) is 30.2 Å². The molecule has 0 fully saturated rings. The summed E-state index contributed by atoms with van der Waals surface area (Å²) in [6.07, 6.45) is 0. The molecule has 0 bridgehead atoms. The van der Waals surface area contributed by atoms with Gasteiger partial charge >= 0.3 is 0 Å². The number of carbonyl (C=O) groups excluding carboxylic acids is 3. The van der Waals surface area contributed by atoms with Crippen LogP contribution in [0.2, 0.25) is 0 Å². The van der Waals surface area contributed by atoms with Crippen molar-refractivity contribution in [2.24, 2.45) is 5.92 Å². The van der Waals surface area contributed by atoms with Gasteiger partial charge in [0.2, 0.25) is 11.8 Å². The summed E-state index contributed by atoms with van der Waals surface area (Å²) in [5.74, 6) is -0.578. The van der Waals surface area contributed by atoms with Crippen molar-refractivity contribution in [1.29, 1.82) is 0 Å². The molecule has 3 amide bonds. The van der Waals surface area contributed by atoms with E-state index in [1.54, 1.807) is 49.5 Å². The van der Waals surface area contributed by atoms with Crippen LogP contribution in [0.5, 0.6) is 0 Å². The fourth-order valence-electron chi connectivity index (χ4n) is 2.23. The lowest BCUT2D eigenvalue weighted by Gasteiger charge is -2.11. The summed E-state index contributed by atoms with van der Waals surface area (Å²) in [6.45, 7) is 3.71. The summed E-state index contributed by atoms with van der Waals surface area (Å²) < 4.78 is 0. The normalized spacial score (nSPS) is 10.2. The van der Waals surface area contributed by atoms with Gasteiger partial charge in [-0.3, -0.25) is 14.4 Å². The second-order valence-corrected chi connectivity index (χ2v) is 6.28. The summed E-state index contributed by atoms with van der Waals surface area (Å²) in [5, 5.41) is 11.1. The van der Waals surface area contributed by atoms with Crippen LogP contribution in [0.1, 0.15) is 24.2 Å². The molecular formula is C20H24N4O3. The molecule has 0 spiro atoms. The van der Waals surface area contributed by atoms with E-state index < -0.39 is 0 Å². The molecule has 2 aromatic rings. The molecule has 0 aliphatic carbocycles. The Kier molecular flexibility index (Phi) is 6.93. The molecule has 0 saturated carbocycles. The third-order valence-corrected chi connectivity index (χ3v) is 3.77. The number of amides is 3. The molecule has 0 heterocycles. The number of hydrogen-bond donors (Lipinski definition) is 4. The van der Waals surface area contributed by atoms with Gasteiger partial charge in [-0.05, 0) is 42.5 Å². The van der Waals surface area contributed by atoms with Crippen molar-refractivity contribution >= 4 is 34.8 Å². The Morgan fingerprint density at radius 1 is 0.889 bits per heavy atom. The number of hydrogen-bond acceptors (Lipinski definition) is 4. The molecule has 27 heavy (non-hydrogen) atoms. The summed E-state index contributed by atoms with van der Waals surface area (Å²) in [5.41, 5.74) is 2.52. The number of rotatable bonds is 7. The molecule has 4 N–H and O–H groups in total. The Hall–Kier alpha value is -3.35. The first-order chi connectivity index (χ1) is 12.9. The SMILES string of the molecule is CNC(=O)c1ccc(NC(=O)CNc2cccc(NC(=O)C(C)C)c2)cc1. The minimum Gasteiger partial charge on any atom is -0.376 e. The van der Waals surface area contributed by atoms with Gasteiger partial charge in [-0.2, -0.15) is 0 Å². The van der Waals surface area contributed by atoms with Crippen molar-refractivity contribution in [2.45, 2.75) is 13.8 Å².